The molecular weight excluding hydrogens is 334 g/mol. The van der Waals surface area contributed by atoms with E-state index in [1.807, 2.05) is 18.2 Å². The van der Waals surface area contributed by atoms with E-state index in [1.54, 1.807) is 31.4 Å². The summed E-state index contributed by atoms with van der Waals surface area (Å²) in [6.07, 6.45) is 2.60. The van der Waals surface area contributed by atoms with Crippen molar-refractivity contribution in [1.29, 1.82) is 0 Å². The van der Waals surface area contributed by atoms with Gasteiger partial charge >= 0.3 is 0 Å². The maximum atomic E-state index is 11.1. The Balaban J connectivity index is 1.58. The number of nitrogens with zero attached hydrogens (tertiary/aromatic N) is 4. The highest BCUT2D eigenvalue weighted by atomic mass is 16.6. The third-order valence-electron chi connectivity index (χ3n) is 4.21. The lowest BCUT2D eigenvalue weighted by atomic mass is 10.2. The zero-order valence-corrected chi connectivity index (χ0v) is 14.5. The fourth-order valence-corrected chi connectivity index (χ4v) is 2.95. The van der Waals surface area contributed by atoms with Gasteiger partial charge in [0.25, 0.3) is 5.69 Å². The van der Waals surface area contributed by atoms with Crippen molar-refractivity contribution >= 4 is 11.6 Å². The van der Waals surface area contributed by atoms with E-state index < -0.39 is 0 Å². The minimum Gasteiger partial charge on any atom is -0.472 e. The Morgan fingerprint density at radius 1 is 1.38 bits per heavy atom. The standard InChI is InChI=1S/C18H21N5O3/c1-19-18(21-12-14-6-2-3-7-16(14)23(24)25)22-11-9-15(13-22)26-17-8-4-5-10-20-17/h2-8,10,15H,9,11-13H2,1H3,(H,19,21). The van der Waals surface area contributed by atoms with Crippen LogP contribution >= 0.6 is 0 Å². The predicted molar refractivity (Wildman–Crippen MR) is 98.1 cm³/mol. The second-order valence-electron chi connectivity index (χ2n) is 5.93. The summed E-state index contributed by atoms with van der Waals surface area (Å²) in [7, 11) is 1.70. The number of hydrogen-bond acceptors (Lipinski definition) is 5. The third-order valence-corrected chi connectivity index (χ3v) is 4.21. The van der Waals surface area contributed by atoms with Crippen molar-refractivity contribution in [3.63, 3.8) is 0 Å². The normalized spacial score (nSPS) is 17.2. The van der Waals surface area contributed by atoms with Gasteiger partial charge in [-0.2, -0.15) is 0 Å². The minimum absolute atomic E-state index is 0.0366. The summed E-state index contributed by atoms with van der Waals surface area (Å²) in [4.78, 5) is 21.3. The molecule has 0 radical (unpaired) electrons. The summed E-state index contributed by atoms with van der Waals surface area (Å²) in [5.41, 5.74) is 0.729. The zero-order valence-electron chi connectivity index (χ0n) is 14.5. The molecule has 1 unspecified atom stereocenters. The molecule has 1 aromatic carbocycles. The van der Waals surface area contributed by atoms with Gasteiger partial charge in [-0.05, 0) is 6.07 Å². The van der Waals surface area contributed by atoms with E-state index in [-0.39, 0.29) is 16.7 Å². The van der Waals surface area contributed by atoms with Crippen LogP contribution in [0, 0.1) is 10.1 Å². The van der Waals surface area contributed by atoms with Gasteiger partial charge in [0.05, 0.1) is 11.5 Å². The first-order valence-corrected chi connectivity index (χ1v) is 8.43. The smallest absolute Gasteiger partial charge is 0.274 e. The van der Waals surface area contributed by atoms with E-state index in [2.05, 4.69) is 20.2 Å². The number of pyridine rings is 1. The summed E-state index contributed by atoms with van der Waals surface area (Å²) >= 11 is 0. The molecule has 1 fully saturated rings. The van der Waals surface area contributed by atoms with Crippen LogP contribution in [0.25, 0.3) is 0 Å². The Labute approximate surface area is 151 Å². The molecular formula is C18H21N5O3. The predicted octanol–water partition coefficient (Wildman–Crippen LogP) is 2.22. The van der Waals surface area contributed by atoms with E-state index in [9.17, 15) is 10.1 Å². The lowest BCUT2D eigenvalue weighted by Gasteiger charge is -2.21. The van der Waals surface area contributed by atoms with Crippen molar-refractivity contribution in [1.82, 2.24) is 15.2 Å². The molecule has 8 nitrogen and oxygen atoms in total. The molecule has 1 saturated heterocycles. The van der Waals surface area contributed by atoms with Gasteiger partial charge in [-0.15, -0.1) is 0 Å². The summed E-state index contributed by atoms with van der Waals surface area (Å²) in [5.74, 6) is 1.32. The Bertz CT molecular complexity index is 781. The number of ether oxygens (including phenoxy) is 1. The number of likely N-dealkylation sites (tertiary alicyclic amines) is 1. The molecule has 1 aliphatic heterocycles. The highest BCUT2D eigenvalue weighted by Crippen LogP contribution is 2.19. The minimum atomic E-state index is -0.369. The first-order chi connectivity index (χ1) is 12.7. The Morgan fingerprint density at radius 3 is 2.92 bits per heavy atom. The molecule has 0 aliphatic carbocycles. The van der Waals surface area contributed by atoms with Crippen LogP contribution in [-0.2, 0) is 6.54 Å². The van der Waals surface area contributed by atoms with Crippen LogP contribution in [0.4, 0.5) is 5.69 Å². The average molecular weight is 355 g/mol. The van der Waals surface area contributed by atoms with Gasteiger partial charge in [0.15, 0.2) is 5.96 Å². The van der Waals surface area contributed by atoms with Crippen LogP contribution in [0.1, 0.15) is 12.0 Å². The van der Waals surface area contributed by atoms with E-state index >= 15 is 0 Å². The number of para-hydroxylation sites is 1. The molecule has 0 spiro atoms. The number of aromatic nitrogens is 1. The van der Waals surface area contributed by atoms with Crippen molar-refractivity contribution in [3.05, 3.63) is 64.3 Å². The molecule has 136 valence electrons. The van der Waals surface area contributed by atoms with E-state index in [0.717, 1.165) is 13.0 Å². The lowest BCUT2D eigenvalue weighted by Crippen LogP contribution is -2.40. The van der Waals surface area contributed by atoms with Gasteiger partial charge in [-0.3, -0.25) is 15.1 Å². The van der Waals surface area contributed by atoms with Crippen molar-refractivity contribution < 1.29 is 9.66 Å². The summed E-state index contributed by atoms with van der Waals surface area (Å²) < 4.78 is 5.89. The first-order valence-electron chi connectivity index (χ1n) is 8.43. The zero-order chi connectivity index (χ0) is 18.4. The molecule has 8 heteroatoms. The van der Waals surface area contributed by atoms with Crippen molar-refractivity contribution in [2.75, 3.05) is 20.1 Å². The van der Waals surface area contributed by atoms with Crippen LogP contribution in [0.2, 0.25) is 0 Å². The Hall–Kier alpha value is -3.16. The van der Waals surface area contributed by atoms with Crippen molar-refractivity contribution in [2.45, 2.75) is 19.1 Å². The summed E-state index contributed by atoms with van der Waals surface area (Å²) in [6, 6.07) is 12.3. The second-order valence-corrected chi connectivity index (χ2v) is 5.93. The number of rotatable bonds is 5. The van der Waals surface area contributed by atoms with Crippen LogP contribution in [-0.4, -0.2) is 47.0 Å². The molecule has 2 heterocycles. The maximum Gasteiger partial charge on any atom is 0.274 e. The fourth-order valence-electron chi connectivity index (χ4n) is 2.95. The first kappa shape index (κ1) is 17.7. The molecule has 0 saturated carbocycles. The Morgan fingerprint density at radius 2 is 2.19 bits per heavy atom. The van der Waals surface area contributed by atoms with Crippen molar-refractivity contribution in [2.24, 2.45) is 4.99 Å². The molecule has 0 bridgehead atoms. The highest BCUT2D eigenvalue weighted by molar-refractivity contribution is 5.80. The van der Waals surface area contributed by atoms with Crippen LogP contribution < -0.4 is 10.1 Å². The SMILES string of the molecule is CN=C(NCc1ccccc1[N+](=O)[O-])N1CCC(Oc2ccccn2)C1. The van der Waals surface area contributed by atoms with Crippen LogP contribution in [0.5, 0.6) is 5.88 Å². The molecule has 0 amide bonds. The summed E-state index contributed by atoms with van der Waals surface area (Å²) in [6.45, 7) is 1.83. The lowest BCUT2D eigenvalue weighted by molar-refractivity contribution is -0.385. The van der Waals surface area contributed by atoms with E-state index in [0.29, 0.717) is 30.5 Å². The van der Waals surface area contributed by atoms with E-state index in [1.165, 1.54) is 6.07 Å². The number of guanidine groups is 1. The largest absolute Gasteiger partial charge is 0.472 e. The molecule has 1 aliphatic rings. The topological polar surface area (TPSA) is 92.9 Å². The van der Waals surface area contributed by atoms with Gasteiger partial charge in [0, 0.05) is 50.5 Å². The average Bonchev–Trinajstić information content (AvgIpc) is 3.11. The number of nitro groups is 1. The van der Waals surface area contributed by atoms with Gasteiger partial charge in [0.2, 0.25) is 5.88 Å². The molecule has 26 heavy (non-hydrogen) atoms. The van der Waals surface area contributed by atoms with Crippen LogP contribution in [0.15, 0.2) is 53.7 Å². The highest BCUT2D eigenvalue weighted by Gasteiger charge is 2.26. The molecule has 1 atom stereocenters. The molecule has 1 aromatic heterocycles. The molecule has 1 N–H and O–H groups in total. The second kappa shape index (κ2) is 8.28. The monoisotopic (exact) mass is 355 g/mol. The fraction of sp³-hybridized carbons (Fsp3) is 0.333. The molecule has 2 aromatic rings. The third kappa shape index (κ3) is 4.27. The maximum absolute atomic E-state index is 11.1. The number of nitro benzene ring substituents is 1. The van der Waals surface area contributed by atoms with Gasteiger partial charge < -0.3 is 15.0 Å². The quantitative estimate of drug-likeness (QED) is 0.383. The summed E-state index contributed by atoms with van der Waals surface area (Å²) in [5, 5.41) is 14.3. The van der Waals surface area contributed by atoms with Crippen molar-refractivity contribution in [3.8, 4) is 5.88 Å². The van der Waals surface area contributed by atoms with E-state index in [4.69, 9.17) is 4.74 Å². The van der Waals surface area contributed by atoms with Gasteiger partial charge in [0.1, 0.15) is 6.10 Å². The number of benzene rings is 1. The number of aliphatic imine (C=N–C) groups is 1. The van der Waals surface area contributed by atoms with Gasteiger partial charge in [-0.1, -0.05) is 24.3 Å². The number of nitrogens with one attached hydrogen (secondary N) is 1. The van der Waals surface area contributed by atoms with Gasteiger partial charge in [-0.25, -0.2) is 4.98 Å². The number of hydrogen-bond donors (Lipinski definition) is 1. The molecule has 3 rings (SSSR count). The Kier molecular flexibility index (Phi) is 5.62. The van der Waals surface area contributed by atoms with Crippen LogP contribution in [0.3, 0.4) is 0 Å².